The van der Waals surface area contributed by atoms with Crippen molar-refractivity contribution in [2.75, 3.05) is 7.11 Å². The van der Waals surface area contributed by atoms with Gasteiger partial charge in [0.15, 0.2) is 5.25 Å². The van der Waals surface area contributed by atoms with Gasteiger partial charge in [0, 0.05) is 11.1 Å². The first kappa shape index (κ1) is 21.9. The van der Waals surface area contributed by atoms with E-state index in [-0.39, 0.29) is 11.3 Å². The second-order valence-corrected chi connectivity index (χ2v) is 8.29. The molecule has 1 aliphatic rings. The van der Waals surface area contributed by atoms with Crippen LogP contribution in [0.4, 0.5) is 26.3 Å². The number of nitrogens with zero attached hydrogens (tertiary/aromatic N) is 1. The zero-order valence-corrected chi connectivity index (χ0v) is 15.8. The van der Waals surface area contributed by atoms with Crippen LogP contribution in [0.1, 0.15) is 11.1 Å². The van der Waals surface area contributed by atoms with Gasteiger partial charge in [-0.1, -0.05) is 47.6 Å². The standard InChI is InChI=1S/C18H13F6NO4S/c1-28-13-9-7-12(8-10-13)16(17(19,20)21)15(30(26,27)18(22,23)24)14(25-29-16)11-5-3-2-4-6-11/h2-10,15H,1H3/t15-,16-/m0/s1. The summed E-state index contributed by atoms with van der Waals surface area (Å²) in [5.74, 6) is 0.105. The van der Waals surface area contributed by atoms with Crippen LogP contribution in [0.3, 0.4) is 0 Å². The summed E-state index contributed by atoms with van der Waals surface area (Å²) in [4.78, 5) is 4.57. The van der Waals surface area contributed by atoms with Crippen molar-refractivity contribution in [1.29, 1.82) is 0 Å². The lowest BCUT2D eigenvalue weighted by atomic mass is 9.86. The number of sulfone groups is 1. The lowest BCUT2D eigenvalue weighted by Gasteiger charge is -2.35. The van der Waals surface area contributed by atoms with Gasteiger partial charge in [0.2, 0.25) is 0 Å². The van der Waals surface area contributed by atoms with Crippen LogP contribution < -0.4 is 4.74 Å². The van der Waals surface area contributed by atoms with Crippen molar-refractivity contribution in [1.82, 2.24) is 0 Å². The maximum absolute atomic E-state index is 14.3. The molecule has 0 saturated carbocycles. The number of halogens is 6. The highest BCUT2D eigenvalue weighted by molar-refractivity contribution is 7.93. The molecule has 5 nitrogen and oxygen atoms in total. The Morgan fingerprint density at radius 2 is 1.53 bits per heavy atom. The van der Waals surface area contributed by atoms with E-state index >= 15 is 0 Å². The van der Waals surface area contributed by atoms with Crippen LogP contribution in [0.15, 0.2) is 59.8 Å². The fourth-order valence-corrected chi connectivity index (χ4v) is 4.62. The van der Waals surface area contributed by atoms with Crippen molar-refractivity contribution in [3.63, 3.8) is 0 Å². The maximum atomic E-state index is 14.3. The van der Waals surface area contributed by atoms with Crippen LogP contribution in [0.2, 0.25) is 0 Å². The summed E-state index contributed by atoms with van der Waals surface area (Å²) in [6.45, 7) is 0. The Morgan fingerprint density at radius 3 is 2.00 bits per heavy atom. The summed E-state index contributed by atoms with van der Waals surface area (Å²) in [6.07, 6.45) is -5.58. The molecule has 0 aromatic heterocycles. The highest BCUT2D eigenvalue weighted by Crippen LogP contribution is 2.53. The van der Waals surface area contributed by atoms with Gasteiger partial charge >= 0.3 is 11.7 Å². The van der Waals surface area contributed by atoms with E-state index in [9.17, 15) is 34.8 Å². The summed E-state index contributed by atoms with van der Waals surface area (Å²) in [6, 6.07) is 10.0. The van der Waals surface area contributed by atoms with E-state index in [1.807, 2.05) is 0 Å². The number of rotatable bonds is 4. The molecule has 0 amide bonds. The molecule has 1 aliphatic heterocycles. The second kappa shape index (κ2) is 7.18. The third-order valence-corrected chi connectivity index (χ3v) is 6.37. The molecule has 12 heteroatoms. The minimum Gasteiger partial charge on any atom is -0.497 e. The maximum Gasteiger partial charge on any atom is 0.498 e. The Balaban J connectivity index is 2.33. The average molecular weight is 453 g/mol. The van der Waals surface area contributed by atoms with E-state index < -0.39 is 43.6 Å². The molecule has 0 spiro atoms. The summed E-state index contributed by atoms with van der Waals surface area (Å²) in [5.41, 5.74) is -12.0. The van der Waals surface area contributed by atoms with E-state index in [0.717, 1.165) is 36.4 Å². The number of benzene rings is 2. The van der Waals surface area contributed by atoms with E-state index in [0.29, 0.717) is 0 Å². The Kier molecular flexibility index (Phi) is 5.25. The summed E-state index contributed by atoms with van der Waals surface area (Å²) in [7, 11) is -5.20. The molecule has 2 aromatic carbocycles. The van der Waals surface area contributed by atoms with E-state index in [1.54, 1.807) is 0 Å². The first-order valence-corrected chi connectivity index (χ1v) is 9.74. The first-order valence-electron chi connectivity index (χ1n) is 8.19. The van der Waals surface area contributed by atoms with Gasteiger partial charge in [0.25, 0.3) is 15.4 Å². The molecule has 0 aliphatic carbocycles. The summed E-state index contributed by atoms with van der Waals surface area (Å²) in [5, 5.41) is -0.0290. The predicted molar refractivity (Wildman–Crippen MR) is 93.6 cm³/mol. The lowest BCUT2D eigenvalue weighted by molar-refractivity contribution is -0.274. The third kappa shape index (κ3) is 3.28. The topological polar surface area (TPSA) is 65.0 Å². The van der Waals surface area contributed by atoms with E-state index in [2.05, 4.69) is 9.99 Å². The number of alkyl halides is 6. The molecular formula is C18H13F6NO4S. The van der Waals surface area contributed by atoms with Crippen LogP contribution in [0.5, 0.6) is 5.75 Å². The van der Waals surface area contributed by atoms with Gasteiger partial charge in [-0.2, -0.15) is 26.3 Å². The SMILES string of the molecule is COc1ccc([C@]2(C(F)(F)F)ON=C(c3ccccc3)[C@@H]2S(=O)(=O)C(F)(F)F)cc1. The predicted octanol–water partition coefficient (Wildman–Crippen LogP) is 4.19. The van der Waals surface area contributed by atoms with Crippen molar-refractivity contribution in [3.8, 4) is 5.75 Å². The zero-order chi connectivity index (χ0) is 22.4. The molecule has 2 atom stereocenters. The summed E-state index contributed by atoms with van der Waals surface area (Å²) < 4.78 is 113. The zero-order valence-electron chi connectivity index (χ0n) is 15.0. The quantitative estimate of drug-likeness (QED) is 0.652. The molecule has 0 fully saturated rings. The van der Waals surface area contributed by atoms with Gasteiger partial charge in [-0.25, -0.2) is 8.42 Å². The fourth-order valence-electron chi connectivity index (χ4n) is 3.13. The lowest BCUT2D eigenvalue weighted by Crippen LogP contribution is -2.58. The summed E-state index contributed by atoms with van der Waals surface area (Å²) >= 11 is 0. The van der Waals surface area contributed by atoms with Crippen LogP contribution in [0, 0.1) is 0 Å². The van der Waals surface area contributed by atoms with Gasteiger partial charge in [0.1, 0.15) is 11.5 Å². The van der Waals surface area contributed by atoms with Crippen molar-refractivity contribution in [2.24, 2.45) is 5.16 Å². The van der Waals surface area contributed by atoms with Crippen molar-refractivity contribution < 1.29 is 44.3 Å². The largest absolute Gasteiger partial charge is 0.498 e. The molecule has 0 saturated heterocycles. The number of ether oxygens (including phenoxy) is 1. The molecule has 3 rings (SSSR count). The molecule has 2 aromatic rings. The first-order chi connectivity index (χ1) is 13.9. The normalized spacial score (nSPS) is 22.4. The Hall–Kier alpha value is -2.76. The number of hydrogen-bond acceptors (Lipinski definition) is 5. The molecular weight excluding hydrogens is 440 g/mol. The monoisotopic (exact) mass is 453 g/mol. The van der Waals surface area contributed by atoms with E-state index in [4.69, 9.17) is 4.74 Å². The highest BCUT2D eigenvalue weighted by Gasteiger charge is 2.75. The fraction of sp³-hybridized carbons (Fsp3) is 0.278. The van der Waals surface area contributed by atoms with Gasteiger partial charge in [-0.3, -0.25) is 0 Å². The van der Waals surface area contributed by atoms with E-state index in [1.165, 1.54) is 25.3 Å². The van der Waals surface area contributed by atoms with Gasteiger partial charge in [-0.05, 0) is 12.1 Å². The molecule has 1 heterocycles. The average Bonchev–Trinajstić information content (AvgIpc) is 3.10. The molecule has 0 N–H and O–H groups in total. The number of oxime groups is 1. The Morgan fingerprint density at radius 1 is 0.967 bits per heavy atom. The minimum absolute atomic E-state index is 0.105. The van der Waals surface area contributed by atoms with Gasteiger partial charge in [0.05, 0.1) is 7.11 Å². The van der Waals surface area contributed by atoms with Crippen molar-refractivity contribution in [3.05, 3.63) is 65.7 Å². The minimum atomic E-state index is -6.44. The van der Waals surface area contributed by atoms with Crippen molar-refractivity contribution in [2.45, 2.75) is 22.5 Å². The molecule has 0 unspecified atom stereocenters. The Bertz CT molecular complexity index is 1050. The molecule has 30 heavy (non-hydrogen) atoms. The number of hydrogen-bond donors (Lipinski definition) is 0. The smallest absolute Gasteiger partial charge is 0.497 e. The molecule has 0 bridgehead atoms. The third-order valence-electron chi connectivity index (χ3n) is 4.55. The van der Waals surface area contributed by atoms with Crippen molar-refractivity contribution >= 4 is 15.5 Å². The van der Waals surface area contributed by atoms with Gasteiger partial charge in [-0.15, -0.1) is 0 Å². The van der Waals surface area contributed by atoms with Crippen LogP contribution in [0.25, 0.3) is 0 Å². The van der Waals surface area contributed by atoms with Gasteiger partial charge < -0.3 is 9.57 Å². The van der Waals surface area contributed by atoms with Crippen LogP contribution >= 0.6 is 0 Å². The highest BCUT2D eigenvalue weighted by atomic mass is 32.2. The van der Waals surface area contributed by atoms with Crippen LogP contribution in [-0.4, -0.2) is 38.2 Å². The molecule has 0 radical (unpaired) electrons. The van der Waals surface area contributed by atoms with Crippen LogP contribution in [-0.2, 0) is 20.3 Å². The second-order valence-electron chi connectivity index (χ2n) is 6.27. The molecule has 162 valence electrons. The Labute approximate surface area is 166 Å². The number of methoxy groups -OCH3 is 1.